The average molecular weight is 544 g/mol. The van der Waals surface area contributed by atoms with Gasteiger partial charge in [0, 0.05) is 30.4 Å². The summed E-state index contributed by atoms with van der Waals surface area (Å²) in [4.78, 5) is 20.1. The first-order chi connectivity index (χ1) is 18.7. The Balaban J connectivity index is 0.00000172. The lowest BCUT2D eigenvalue weighted by molar-refractivity contribution is -0.137. The predicted octanol–water partition coefficient (Wildman–Crippen LogP) is 6.43. The first kappa shape index (κ1) is 27.6. The molecule has 11 heteroatoms. The van der Waals surface area contributed by atoms with E-state index in [9.17, 15) is 22.4 Å². The topological polar surface area (TPSA) is 75.5 Å². The molecule has 5 rings (SSSR count). The molecule has 0 atom stereocenters. The molecule has 7 nitrogen and oxygen atoms in total. The molecule has 0 radical (unpaired) electrons. The van der Waals surface area contributed by atoms with Gasteiger partial charge in [0.15, 0.2) is 11.6 Å². The van der Waals surface area contributed by atoms with Crippen LogP contribution in [0.5, 0.6) is 23.3 Å². The molecule has 1 aliphatic rings. The highest BCUT2D eigenvalue weighted by molar-refractivity contribution is 5.67. The fourth-order valence-electron chi connectivity index (χ4n) is 3.98. The van der Waals surface area contributed by atoms with Gasteiger partial charge >= 0.3 is 11.9 Å². The van der Waals surface area contributed by atoms with Gasteiger partial charge in [0.2, 0.25) is 11.8 Å². The lowest BCUT2D eigenvalue weighted by Gasteiger charge is -2.22. The van der Waals surface area contributed by atoms with Crippen molar-refractivity contribution in [1.82, 2.24) is 14.5 Å². The van der Waals surface area contributed by atoms with Gasteiger partial charge < -0.3 is 14.2 Å². The summed E-state index contributed by atoms with van der Waals surface area (Å²) >= 11 is 0. The zero-order valence-electron chi connectivity index (χ0n) is 21.4. The van der Waals surface area contributed by atoms with Crippen LogP contribution in [0.1, 0.15) is 30.5 Å². The molecule has 0 aliphatic carbocycles. The Kier molecular flexibility index (Phi) is 8.18. The van der Waals surface area contributed by atoms with E-state index < -0.39 is 23.2 Å². The number of fused-ring (bicyclic) bond motifs is 3. The third kappa shape index (κ3) is 6.19. The fraction of sp³-hybridized carbons (Fsp3) is 0.250. The molecule has 39 heavy (non-hydrogen) atoms. The molecule has 1 aliphatic heterocycles. The molecule has 0 unspecified atom stereocenters. The van der Waals surface area contributed by atoms with Crippen LogP contribution in [0, 0.1) is 5.82 Å². The van der Waals surface area contributed by atoms with Crippen molar-refractivity contribution < 1.29 is 31.8 Å². The second-order valence-electron chi connectivity index (χ2n) is 8.23. The highest BCUT2D eigenvalue weighted by Gasteiger charge is 2.30. The zero-order chi connectivity index (χ0) is 28.2. The molecular formula is C28H25F4N3O4. The second kappa shape index (κ2) is 11.5. The first-order valence-electron chi connectivity index (χ1n) is 12.1. The molecule has 0 fully saturated rings. The number of alkyl halides is 3. The SMILES string of the molecule is CC.COc1ccc2c(c1)CCn1c-2cc(OCc2ccc(Oc3ccc(C(F)(F)F)cn3)c(F)c2)nc1=O. The van der Waals surface area contributed by atoms with Crippen molar-refractivity contribution in [3.8, 4) is 34.5 Å². The van der Waals surface area contributed by atoms with Gasteiger partial charge in [0.1, 0.15) is 12.4 Å². The monoisotopic (exact) mass is 543 g/mol. The molecule has 0 N–H and O–H groups in total. The van der Waals surface area contributed by atoms with Gasteiger partial charge in [-0.25, -0.2) is 14.2 Å². The third-order valence-electron chi connectivity index (χ3n) is 5.84. The molecule has 2 aromatic carbocycles. The van der Waals surface area contributed by atoms with Gasteiger partial charge in [-0.3, -0.25) is 4.57 Å². The Labute approximate surface area is 221 Å². The molecule has 3 heterocycles. The number of pyridine rings is 1. The van der Waals surface area contributed by atoms with Crippen LogP contribution in [0.2, 0.25) is 0 Å². The van der Waals surface area contributed by atoms with Gasteiger partial charge in [-0.05, 0) is 53.9 Å². The molecule has 4 aromatic rings. The van der Waals surface area contributed by atoms with Crippen LogP contribution in [-0.4, -0.2) is 21.6 Å². The molecule has 0 saturated carbocycles. The van der Waals surface area contributed by atoms with Crippen LogP contribution in [-0.2, 0) is 25.7 Å². The number of aromatic nitrogens is 3. The van der Waals surface area contributed by atoms with E-state index in [1.54, 1.807) is 17.7 Å². The number of methoxy groups -OCH3 is 1. The van der Waals surface area contributed by atoms with Crippen molar-refractivity contribution in [2.45, 2.75) is 39.6 Å². The molecular weight excluding hydrogens is 518 g/mol. The lowest BCUT2D eigenvalue weighted by atomic mass is 9.97. The van der Waals surface area contributed by atoms with E-state index >= 15 is 0 Å². The van der Waals surface area contributed by atoms with E-state index in [0.29, 0.717) is 30.4 Å². The molecule has 2 aromatic heterocycles. The Morgan fingerprint density at radius 3 is 2.46 bits per heavy atom. The third-order valence-corrected chi connectivity index (χ3v) is 5.84. The summed E-state index contributed by atoms with van der Waals surface area (Å²) < 4.78 is 70.4. The van der Waals surface area contributed by atoms with Crippen molar-refractivity contribution >= 4 is 0 Å². The van der Waals surface area contributed by atoms with Crippen LogP contribution in [0.25, 0.3) is 11.3 Å². The minimum atomic E-state index is -4.53. The highest BCUT2D eigenvalue weighted by Crippen LogP contribution is 2.33. The maximum atomic E-state index is 14.6. The minimum Gasteiger partial charge on any atom is -0.497 e. The Morgan fingerprint density at radius 2 is 1.79 bits per heavy atom. The largest absolute Gasteiger partial charge is 0.497 e. The number of hydrogen-bond donors (Lipinski definition) is 0. The lowest BCUT2D eigenvalue weighted by Crippen LogP contribution is -2.28. The van der Waals surface area contributed by atoms with Gasteiger partial charge in [0.25, 0.3) is 0 Å². The van der Waals surface area contributed by atoms with E-state index in [1.165, 1.54) is 12.1 Å². The number of ether oxygens (including phenoxy) is 3. The van der Waals surface area contributed by atoms with Crippen LogP contribution in [0.15, 0.2) is 65.6 Å². The fourth-order valence-corrected chi connectivity index (χ4v) is 3.98. The van der Waals surface area contributed by atoms with Crippen molar-refractivity contribution in [1.29, 1.82) is 0 Å². The normalized spacial score (nSPS) is 12.0. The summed E-state index contributed by atoms with van der Waals surface area (Å²) in [6.07, 6.45) is -3.26. The van der Waals surface area contributed by atoms with Crippen molar-refractivity contribution in [2.24, 2.45) is 0 Å². The van der Waals surface area contributed by atoms with E-state index in [2.05, 4.69) is 9.97 Å². The Bertz CT molecular complexity index is 1520. The van der Waals surface area contributed by atoms with Crippen LogP contribution in [0.3, 0.4) is 0 Å². The molecule has 0 saturated heterocycles. The van der Waals surface area contributed by atoms with Crippen LogP contribution >= 0.6 is 0 Å². The van der Waals surface area contributed by atoms with Gasteiger partial charge in [-0.15, -0.1) is 0 Å². The first-order valence-corrected chi connectivity index (χ1v) is 12.1. The number of aryl methyl sites for hydroxylation is 1. The molecule has 0 spiro atoms. The predicted molar refractivity (Wildman–Crippen MR) is 136 cm³/mol. The Hall–Kier alpha value is -4.41. The molecule has 0 bridgehead atoms. The van der Waals surface area contributed by atoms with Crippen molar-refractivity contribution in [2.75, 3.05) is 7.11 Å². The maximum absolute atomic E-state index is 14.6. The molecule has 204 valence electrons. The molecule has 0 amide bonds. The standard InChI is InChI=1S/C26H19F4N3O4.C2H6/c1-35-18-4-5-19-16(11-18)8-9-33-21(19)12-24(32-25(33)34)36-14-15-2-6-22(20(27)10-15)37-23-7-3-17(13-31-23)26(28,29)30;1-2/h2-7,10-13H,8-9,14H2,1H3;1-2H3. The summed E-state index contributed by atoms with van der Waals surface area (Å²) in [7, 11) is 1.59. The maximum Gasteiger partial charge on any atom is 0.417 e. The number of halogens is 4. The minimum absolute atomic E-state index is 0.0822. The summed E-state index contributed by atoms with van der Waals surface area (Å²) in [5, 5.41) is 0. The van der Waals surface area contributed by atoms with E-state index in [4.69, 9.17) is 14.2 Å². The average Bonchev–Trinajstić information content (AvgIpc) is 2.93. The van der Waals surface area contributed by atoms with Gasteiger partial charge in [-0.1, -0.05) is 19.9 Å². The van der Waals surface area contributed by atoms with Crippen molar-refractivity contribution in [3.05, 3.63) is 93.8 Å². The van der Waals surface area contributed by atoms with Gasteiger partial charge in [0.05, 0.1) is 18.4 Å². The van der Waals surface area contributed by atoms with Gasteiger partial charge in [-0.2, -0.15) is 18.2 Å². The van der Waals surface area contributed by atoms with Crippen LogP contribution in [0.4, 0.5) is 17.6 Å². The number of nitrogens with zero attached hydrogens (tertiary/aromatic N) is 3. The van der Waals surface area contributed by atoms with E-state index in [-0.39, 0.29) is 24.1 Å². The number of benzene rings is 2. The van der Waals surface area contributed by atoms with E-state index in [0.717, 1.165) is 35.1 Å². The summed E-state index contributed by atoms with van der Waals surface area (Å²) in [6.45, 7) is 4.39. The van der Waals surface area contributed by atoms with Crippen LogP contribution < -0.4 is 19.9 Å². The summed E-state index contributed by atoms with van der Waals surface area (Å²) in [5.74, 6) is -0.344. The summed E-state index contributed by atoms with van der Waals surface area (Å²) in [5.41, 5.74) is 1.61. The Morgan fingerprint density at radius 1 is 1.00 bits per heavy atom. The number of hydrogen-bond acceptors (Lipinski definition) is 6. The smallest absolute Gasteiger partial charge is 0.417 e. The van der Waals surface area contributed by atoms with E-state index in [1.807, 2.05) is 32.0 Å². The zero-order valence-corrected chi connectivity index (χ0v) is 21.4. The van der Waals surface area contributed by atoms with Crippen molar-refractivity contribution in [3.63, 3.8) is 0 Å². The number of rotatable bonds is 6. The highest BCUT2D eigenvalue weighted by atomic mass is 19.4. The summed E-state index contributed by atoms with van der Waals surface area (Å²) in [6, 6.07) is 13.1. The second-order valence-corrected chi connectivity index (χ2v) is 8.23. The quantitative estimate of drug-likeness (QED) is 0.261.